The van der Waals surface area contributed by atoms with Gasteiger partial charge in [0.05, 0.1) is 30.4 Å². The molecule has 1 fully saturated rings. The highest BCUT2D eigenvalue weighted by Crippen LogP contribution is 2.41. The average molecular weight is 479 g/mol. The number of nitrogens with zero attached hydrogens (tertiary/aromatic N) is 2. The third-order valence-electron chi connectivity index (χ3n) is 5.56. The van der Waals surface area contributed by atoms with E-state index in [9.17, 15) is 14.7 Å². The summed E-state index contributed by atoms with van der Waals surface area (Å²) in [6, 6.07) is 14.5. The number of rotatable bonds is 7. The first-order valence-corrected chi connectivity index (χ1v) is 11.1. The highest BCUT2D eigenvalue weighted by Gasteiger charge is 2.46. The molecule has 1 atom stereocenters. The lowest BCUT2D eigenvalue weighted by Gasteiger charge is -2.25. The fraction of sp³-hybridized carbons (Fsp3) is 0.192. The highest BCUT2D eigenvalue weighted by molar-refractivity contribution is 6.46. The number of aliphatic hydroxyl groups is 1. The van der Waals surface area contributed by atoms with Gasteiger partial charge in [-0.1, -0.05) is 23.7 Å². The van der Waals surface area contributed by atoms with Crippen molar-refractivity contribution >= 4 is 29.1 Å². The van der Waals surface area contributed by atoms with E-state index in [1.807, 2.05) is 6.92 Å². The van der Waals surface area contributed by atoms with Crippen molar-refractivity contribution in [1.82, 2.24) is 9.88 Å². The van der Waals surface area contributed by atoms with Gasteiger partial charge in [0.1, 0.15) is 17.3 Å². The van der Waals surface area contributed by atoms with Crippen LogP contribution >= 0.6 is 11.6 Å². The van der Waals surface area contributed by atoms with Gasteiger partial charge in [-0.3, -0.25) is 14.6 Å². The van der Waals surface area contributed by atoms with Gasteiger partial charge in [-0.2, -0.15) is 0 Å². The molecule has 0 bridgehead atoms. The van der Waals surface area contributed by atoms with Gasteiger partial charge >= 0.3 is 0 Å². The number of ether oxygens (including phenoxy) is 2. The zero-order chi connectivity index (χ0) is 24.2. The number of aliphatic hydroxyl groups excluding tert-OH is 1. The number of carbonyl (C=O) groups is 2. The monoisotopic (exact) mass is 478 g/mol. The number of amides is 1. The maximum Gasteiger partial charge on any atom is 0.295 e. The lowest BCUT2D eigenvalue weighted by Crippen LogP contribution is -2.29. The van der Waals surface area contributed by atoms with Crippen molar-refractivity contribution in [2.75, 3.05) is 13.7 Å². The van der Waals surface area contributed by atoms with Gasteiger partial charge in [-0.25, -0.2) is 0 Å². The number of halogens is 1. The molecule has 1 N–H and O–H groups in total. The summed E-state index contributed by atoms with van der Waals surface area (Å²) in [6.07, 6.45) is 3.24. The van der Waals surface area contributed by atoms with Gasteiger partial charge < -0.3 is 19.5 Å². The summed E-state index contributed by atoms with van der Waals surface area (Å²) < 4.78 is 10.9. The Labute approximate surface area is 202 Å². The van der Waals surface area contributed by atoms with Crippen LogP contribution in [0.15, 0.2) is 72.6 Å². The number of methoxy groups -OCH3 is 1. The van der Waals surface area contributed by atoms with Gasteiger partial charge in [0.2, 0.25) is 0 Å². The van der Waals surface area contributed by atoms with Crippen molar-refractivity contribution in [1.29, 1.82) is 0 Å². The molecule has 1 amide bonds. The second kappa shape index (κ2) is 9.97. The molecule has 0 spiro atoms. The Kier molecular flexibility index (Phi) is 6.84. The van der Waals surface area contributed by atoms with Crippen LogP contribution in [0, 0.1) is 0 Å². The number of carbonyl (C=O) groups excluding carboxylic acids is 2. The molecular weight excluding hydrogens is 456 g/mol. The van der Waals surface area contributed by atoms with E-state index in [-0.39, 0.29) is 17.9 Å². The lowest BCUT2D eigenvalue weighted by atomic mass is 9.95. The number of hydrogen-bond donors (Lipinski definition) is 1. The van der Waals surface area contributed by atoms with Crippen LogP contribution in [0.2, 0.25) is 5.02 Å². The molecule has 174 valence electrons. The minimum absolute atomic E-state index is 0.0166. The van der Waals surface area contributed by atoms with Gasteiger partial charge in [0.15, 0.2) is 0 Å². The summed E-state index contributed by atoms with van der Waals surface area (Å²) in [5.41, 5.74) is 1.74. The predicted molar refractivity (Wildman–Crippen MR) is 128 cm³/mol. The smallest absolute Gasteiger partial charge is 0.295 e. The van der Waals surface area contributed by atoms with Crippen LogP contribution in [0.1, 0.15) is 29.7 Å². The molecule has 0 radical (unpaired) electrons. The summed E-state index contributed by atoms with van der Waals surface area (Å²) in [7, 11) is 1.54. The molecule has 2 aromatic carbocycles. The first-order valence-electron chi connectivity index (χ1n) is 10.7. The van der Waals surface area contributed by atoms with E-state index in [0.717, 1.165) is 5.56 Å². The Balaban J connectivity index is 1.87. The number of pyridine rings is 1. The van der Waals surface area contributed by atoms with Gasteiger partial charge in [-0.05, 0) is 60.5 Å². The minimum Gasteiger partial charge on any atom is -0.507 e. The van der Waals surface area contributed by atoms with Gasteiger partial charge in [0.25, 0.3) is 11.7 Å². The fourth-order valence-corrected chi connectivity index (χ4v) is 4.13. The number of aromatic nitrogens is 1. The van der Waals surface area contributed by atoms with Crippen molar-refractivity contribution < 1.29 is 24.2 Å². The summed E-state index contributed by atoms with van der Waals surface area (Å²) in [4.78, 5) is 31.8. The summed E-state index contributed by atoms with van der Waals surface area (Å²) in [5.74, 6) is -0.840. The Morgan fingerprint density at radius 2 is 1.88 bits per heavy atom. The second-order valence-electron chi connectivity index (χ2n) is 7.64. The molecule has 1 aliphatic heterocycles. The van der Waals surface area contributed by atoms with Crippen LogP contribution in [-0.2, 0) is 16.1 Å². The zero-order valence-corrected chi connectivity index (χ0v) is 19.5. The molecule has 2 heterocycles. The van der Waals surface area contributed by atoms with E-state index in [0.29, 0.717) is 34.3 Å². The van der Waals surface area contributed by atoms with Crippen LogP contribution in [0.5, 0.6) is 11.5 Å². The molecule has 1 saturated heterocycles. The van der Waals surface area contributed by atoms with E-state index in [4.69, 9.17) is 21.1 Å². The molecule has 0 saturated carbocycles. The topological polar surface area (TPSA) is 89.0 Å². The van der Waals surface area contributed by atoms with Crippen molar-refractivity contribution in [3.05, 3.63) is 94.3 Å². The Morgan fingerprint density at radius 1 is 1.12 bits per heavy atom. The van der Waals surface area contributed by atoms with Crippen LogP contribution in [0.4, 0.5) is 0 Å². The summed E-state index contributed by atoms with van der Waals surface area (Å²) >= 11 is 6.19. The molecule has 7 nitrogen and oxygen atoms in total. The minimum atomic E-state index is -0.825. The van der Waals surface area contributed by atoms with Crippen LogP contribution in [0.3, 0.4) is 0 Å². The predicted octanol–water partition coefficient (Wildman–Crippen LogP) is 4.76. The van der Waals surface area contributed by atoms with Crippen molar-refractivity contribution in [2.24, 2.45) is 0 Å². The fourth-order valence-electron chi connectivity index (χ4n) is 3.96. The second-order valence-corrected chi connectivity index (χ2v) is 8.04. The van der Waals surface area contributed by atoms with Crippen LogP contribution in [-0.4, -0.2) is 40.4 Å². The van der Waals surface area contributed by atoms with Crippen molar-refractivity contribution in [3.63, 3.8) is 0 Å². The molecule has 1 aliphatic rings. The van der Waals surface area contributed by atoms with Crippen molar-refractivity contribution in [3.8, 4) is 11.5 Å². The van der Waals surface area contributed by atoms with Gasteiger partial charge in [0, 0.05) is 24.5 Å². The molecule has 0 aliphatic carbocycles. The third-order valence-corrected chi connectivity index (χ3v) is 5.87. The molecule has 1 aromatic heterocycles. The standard InChI is InChI=1S/C26H23ClN2O5/c1-3-34-21-14-18(7-8-20(21)27)24(30)22-23(17-5-4-6-19(13-17)33-2)29(26(32)25(22)31)15-16-9-11-28-12-10-16/h4-14,23,30H,3,15H2,1-2H3/b24-22-. The molecule has 34 heavy (non-hydrogen) atoms. The number of ketones is 1. The number of likely N-dealkylation sites (tertiary alicyclic amines) is 1. The van der Waals surface area contributed by atoms with Crippen LogP contribution in [0.25, 0.3) is 5.76 Å². The number of Topliss-reactive ketones (excluding diaryl/α,β-unsaturated/α-hetero) is 1. The molecular formula is C26H23ClN2O5. The first-order chi connectivity index (χ1) is 16.4. The van der Waals surface area contributed by atoms with E-state index in [1.165, 1.54) is 12.0 Å². The lowest BCUT2D eigenvalue weighted by molar-refractivity contribution is -0.140. The van der Waals surface area contributed by atoms with E-state index >= 15 is 0 Å². The molecule has 8 heteroatoms. The van der Waals surface area contributed by atoms with E-state index in [1.54, 1.807) is 67.0 Å². The summed E-state index contributed by atoms with van der Waals surface area (Å²) in [5, 5.41) is 11.6. The third kappa shape index (κ3) is 4.47. The van der Waals surface area contributed by atoms with Gasteiger partial charge in [-0.15, -0.1) is 0 Å². The van der Waals surface area contributed by atoms with Crippen LogP contribution < -0.4 is 9.47 Å². The zero-order valence-electron chi connectivity index (χ0n) is 18.7. The Morgan fingerprint density at radius 3 is 2.59 bits per heavy atom. The highest BCUT2D eigenvalue weighted by atomic mass is 35.5. The summed E-state index contributed by atoms with van der Waals surface area (Å²) in [6.45, 7) is 2.36. The SMILES string of the molecule is CCOc1cc(/C(O)=C2/C(=O)C(=O)N(Cc3ccncc3)C2c2cccc(OC)c2)ccc1Cl. The molecule has 1 unspecified atom stereocenters. The quantitative estimate of drug-likeness (QED) is 0.299. The normalized spacial score (nSPS) is 17.1. The number of hydrogen-bond acceptors (Lipinski definition) is 6. The largest absolute Gasteiger partial charge is 0.507 e. The maximum atomic E-state index is 13.2. The average Bonchev–Trinajstić information content (AvgIpc) is 3.10. The Bertz CT molecular complexity index is 1260. The first kappa shape index (κ1) is 23.3. The maximum absolute atomic E-state index is 13.2. The van der Waals surface area contributed by atoms with E-state index < -0.39 is 17.7 Å². The molecule has 4 rings (SSSR count). The van der Waals surface area contributed by atoms with E-state index in [2.05, 4.69) is 4.98 Å². The van der Waals surface area contributed by atoms with Crippen molar-refractivity contribution in [2.45, 2.75) is 19.5 Å². The molecule has 3 aromatic rings. The number of benzene rings is 2. The Hall–Kier alpha value is -3.84.